The van der Waals surface area contributed by atoms with Gasteiger partial charge in [-0.15, -0.1) is 0 Å². The topological polar surface area (TPSA) is 24.5 Å². The summed E-state index contributed by atoms with van der Waals surface area (Å²) in [4.78, 5) is 2.70. The van der Waals surface area contributed by atoms with Gasteiger partial charge in [-0.05, 0) is 31.7 Å². The van der Waals surface area contributed by atoms with Gasteiger partial charge in [0, 0.05) is 44.6 Å². The summed E-state index contributed by atoms with van der Waals surface area (Å²) in [6.07, 6.45) is 4.29. The normalized spacial score (nSPS) is 39.9. The SMILES string of the molecule is COC[C@@H]1CN(CC2CC2)C[C@@]12CCNC2. The van der Waals surface area contributed by atoms with Gasteiger partial charge in [-0.25, -0.2) is 0 Å². The molecule has 0 aromatic heterocycles. The summed E-state index contributed by atoms with van der Waals surface area (Å²) in [5.41, 5.74) is 0.533. The van der Waals surface area contributed by atoms with Crippen molar-refractivity contribution in [2.45, 2.75) is 19.3 Å². The van der Waals surface area contributed by atoms with Crippen LogP contribution in [0.2, 0.25) is 0 Å². The molecule has 0 aromatic rings. The van der Waals surface area contributed by atoms with Crippen LogP contribution in [0.3, 0.4) is 0 Å². The number of likely N-dealkylation sites (tertiary alicyclic amines) is 1. The number of methoxy groups -OCH3 is 1. The summed E-state index contributed by atoms with van der Waals surface area (Å²) < 4.78 is 5.43. The minimum Gasteiger partial charge on any atom is -0.384 e. The number of hydrogen-bond donors (Lipinski definition) is 1. The van der Waals surface area contributed by atoms with Crippen LogP contribution >= 0.6 is 0 Å². The lowest BCUT2D eigenvalue weighted by Crippen LogP contribution is -2.35. The molecule has 1 spiro atoms. The van der Waals surface area contributed by atoms with Crippen LogP contribution < -0.4 is 5.32 Å². The molecular weight excluding hydrogens is 200 g/mol. The molecule has 3 heteroatoms. The Hall–Kier alpha value is -0.120. The molecule has 1 saturated carbocycles. The van der Waals surface area contributed by atoms with E-state index >= 15 is 0 Å². The molecule has 0 radical (unpaired) electrons. The van der Waals surface area contributed by atoms with Crippen LogP contribution in [0.5, 0.6) is 0 Å². The van der Waals surface area contributed by atoms with Gasteiger partial charge in [-0.1, -0.05) is 0 Å². The molecule has 0 amide bonds. The van der Waals surface area contributed by atoms with E-state index in [1.54, 1.807) is 0 Å². The molecule has 0 unspecified atom stereocenters. The van der Waals surface area contributed by atoms with Gasteiger partial charge in [-0.2, -0.15) is 0 Å². The van der Waals surface area contributed by atoms with E-state index in [0.717, 1.165) is 18.4 Å². The monoisotopic (exact) mass is 224 g/mol. The highest BCUT2D eigenvalue weighted by Crippen LogP contribution is 2.42. The maximum Gasteiger partial charge on any atom is 0.0509 e. The zero-order valence-electron chi connectivity index (χ0n) is 10.4. The lowest BCUT2D eigenvalue weighted by molar-refractivity contribution is 0.103. The average Bonchev–Trinajstić information content (AvgIpc) is 2.85. The Morgan fingerprint density at radius 3 is 2.94 bits per heavy atom. The number of rotatable bonds is 4. The van der Waals surface area contributed by atoms with Crippen molar-refractivity contribution in [3.8, 4) is 0 Å². The van der Waals surface area contributed by atoms with Crippen LogP contribution in [-0.2, 0) is 4.74 Å². The molecule has 3 fully saturated rings. The third kappa shape index (κ3) is 2.01. The summed E-state index contributed by atoms with van der Waals surface area (Å²) in [6.45, 7) is 7.29. The largest absolute Gasteiger partial charge is 0.384 e. The van der Waals surface area contributed by atoms with E-state index in [2.05, 4.69) is 10.2 Å². The molecule has 1 aliphatic carbocycles. The van der Waals surface area contributed by atoms with Crippen molar-refractivity contribution in [1.82, 2.24) is 10.2 Å². The summed E-state index contributed by atoms with van der Waals surface area (Å²) in [7, 11) is 1.85. The predicted molar refractivity (Wildman–Crippen MR) is 64.4 cm³/mol. The Labute approximate surface area is 98.5 Å². The van der Waals surface area contributed by atoms with Gasteiger partial charge in [0.05, 0.1) is 6.61 Å². The fraction of sp³-hybridized carbons (Fsp3) is 1.00. The van der Waals surface area contributed by atoms with Crippen LogP contribution in [-0.4, -0.2) is 51.3 Å². The van der Waals surface area contributed by atoms with E-state index in [1.165, 1.54) is 52.0 Å². The molecule has 3 aliphatic rings. The van der Waals surface area contributed by atoms with Gasteiger partial charge in [0.25, 0.3) is 0 Å². The maximum absolute atomic E-state index is 5.43. The Morgan fingerprint density at radius 2 is 2.31 bits per heavy atom. The molecule has 1 N–H and O–H groups in total. The third-order valence-corrected chi connectivity index (χ3v) is 4.74. The number of nitrogens with zero attached hydrogens (tertiary/aromatic N) is 1. The van der Waals surface area contributed by atoms with Crippen LogP contribution in [0.1, 0.15) is 19.3 Å². The number of hydrogen-bond acceptors (Lipinski definition) is 3. The first-order valence-electron chi connectivity index (χ1n) is 6.74. The highest BCUT2D eigenvalue weighted by Gasteiger charge is 2.48. The zero-order valence-corrected chi connectivity index (χ0v) is 10.4. The molecular formula is C13H24N2O. The first-order valence-corrected chi connectivity index (χ1v) is 6.74. The van der Waals surface area contributed by atoms with E-state index in [1.807, 2.05) is 7.11 Å². The van der Waals surface area contributed by atoms with Crippen molar-refractivity contribution in [1.29, 1.82) is 0 Å². The maximum atomic E-state index is 5.43. The smallest absolute Gasteiger partial charge is 0.0509 e. The van der Waals surface area contributed by atoms with Gasteiger partial charge < -0.3 is 15.0 Å². The number of nitrogens with one attached hydrogen (secondary N) is 1. The van der Waals surface area contributed by atoms with E-state index in [9.17, 15) is 0 Å². The average molecular weight is 224 g/mol. The fourth-order valence-corrected chi connectivity index (χ4v) is 3.63. The Bertz CT molecular complexity index is 246. The van der Waals surface area contributed by atoms with Gasteiger partial charge in [-0.3, -0.25) is 0 Å². The molecule has 2 aliphatic heterocycles. The van der Waals surface area contributed by atoms with Crippen molar-refractivity contribution in [2.75, 3.05) is 46.4 Å². The Morgan fingerprint density at radius 1 is 1.44 bits per heavy atom. The van der Waals surface area contributed by atoms with Crippen molar-refractivity contribution in [3.63, 3.8) is 0 Å². The molecule has 92 valence electrons. The molecule has 16 heavy (non-hydrogen) atoms. The first kappa shape index (κ1) is 11.0. The van der Waals surface area contributed by atoms with Gasteiger partial charge in [0.15, 0.2) is 0 Å². The van der Waals surface area contributed by atoms with Crippen molar-refractivity contribution in [3.05, 3.63) is 0 Å². The molecule has 3 nitrogen and oxygen atoms in total. The molecule has 2 atom stereocenters. The Balaban J connectivity index is 1.65. The minimum absolute atomic E-state index is 0.533. The van der Waals surface area contributed by atoms with Crippen molar-refractivity contribution >= 4 is 0 Å². The van der Waals surface area contributed by atoms with E-state index < -0.39 is 0 Å². The van der Waals surface area contributed by atoms with Crippen LogP contribution in [0.25, 0.3) is 0 Å². The van der Waals surface area contributed by atoms with Gasteiger partial charge in [0.1, 0.15) is 0 Å². The minimum atomic E-state index is 0.533. The highest BCUT2D eigenvalue weighted by molar-refractivity contribution is 5.02. The molecule has 3 rings (SSSR count). The lowest BCUT2D eigenvalue weighted by Gasteiger charge is -2.28. The second kappa shape index (κ2) is 4.28. The standard InChI is InChI=1S/C13H24N2O/c1-16-8-12-7-15(6-11-2-3-11)10-13(12)4-5-14-9-13/h11-12,14H,2-10H2,1H3/t12-,13-/m0/s1. The lowest BCUT2D eigenvalue weighted by atomic mass is 9.78. The summed E-state index contributed by atoms with van der Waals surface area (Å²) >= 11 is 0. The second-order valence-electron chi connectivity index (χ2n) is 6.08. The van der Waals surface area contributed by atoms with Gasteiger partial charge >= 0.3 is 0 Å². The fourth-order valence-electron chi connectivity index (χ4n) is 3.63. The van der Waals surface area contributed by atoms with Crippen molar-refractivity contribution in [2.24, 2.45) is 17.3 Å². The zero-order chi connectivity index (χ0) is 11.0. The molecule has 0 aromatic carbocycles. The van der Waals surface area contributed by atoms with Crippen LogP contribution in [0.15, 0.2) is 0 Å². The quantitative estimate of drug-likeness (QED) is 0.769. The number of ether oxygens (including phenoxy) is 1. The summed E-state index contributed by atoms with van der Waals surface area (Å²) in [6, 6.07) is 0. The van der Waals surface area contributed by atoms with E-state index in [4.69, 9.17) is 4.74 Å². The summed E-state index contributed by atoms with van der Waals surface area (Å²) in [5, 5.41) is 3.55. The molecule has 2 heterocycles. The van der Waals surface area contributed by atoms with Gasteiger partial charge in [0.2, 0.25) is 0 Å². The van der Waals surface area contributed by atoms with Crippen molar-refractivity contribution < 1.29 is 4.74 Å². The highest BCUT2D eigenvalue weighted by atomic mass is 16.5. The van der Waals surface area contributed by atoms with Crippen LogP contribution in [0.4, 0.5) is 0 Å². The predicted octanol–water partition coefficient (Wildman–Crippen LogP) is 0.954. The van der Waals surface area contributed by atoms with E-state index in [0.29, 0.717) is 5.41 Å². The second-order valence-corrected chi connectivity index (χ2v) is 6.08. The Kier molecular flexibility index (Phi) is 2.94. The molecule has 2 saturated heterocycles. The van der Waals surface area contributed by atoms with E-state index in [-0.39, 0.29) is 0 Å². The third-order valence-electron chi connectivity index (χ3n) is 4.74. The first-order chi connectivity index (χ1) is 7.82. The van der Waals surface area contributed by atoms with Crippen LogP contribution in [0, 0.1) is 17.3 Å². The molecule has 0 bridgehead atoms. The summed E-state index contributed by atoms with van der Waals surface area (Å²) in [5.74, 6) is 1.78.